The highest BCUT2D eigenvalue weighted by Gasteiger charge is 2.38. The summed E-state index contributed by atoms with van der Waals surface area (Å²) >= 11 is 0. The molecule has 1 aliphatic heterocycles. The lowest BCUT2D eigenvalue weighted by atomic mass is 10.0. The molecule has 0 aliphatic carbocycles. The first-order chi connectivity index (χ1) is 13.0. The van der Waals surface area contributed by atoms with Crippen LogP contribution < -0.4 is 5.32 Å². The number of ether oxygens (including phenoxy) is 1. The number of halogens is 2. The second-order valence-corrected chi connectivity index (χ2v) is 6.00. The van der Waals surface area contributed by atoms with Crippen LogP contribution in [-0.4, -0.2) is 37.0 Å². The van der Waals surface area contributed by atoms with Crippen LogP contribution in [-0.2, 0) is 14.3 Å². The van der Waals surface area contributed by atoms with E-state index in [0.717, 1.165) is 4.90 Å². The summed E-state index contributed by atoms with van der Waals surface area (Å²) in [5.74, 6) is -1.81. The molecule has 0 unspecified atom stereocenters. The van der Waals surface area contributed by atoms with E-state index < -0.39 is 23.4 Å². The number of hydrogen-bond donors (Lipinski definition) is 1. The standard InChI is InChI=1S/C20H18F2N2O3/c1-27-12-2-11-24-19(25)17(13-3-5-14(21)6-4-13)18(20(24)26)23-16-9-7-15(22)8-10-16/h3-10,23H,2,11-12H2,1H3. The smallest absolute Gasteiger partial charge is 0.278 e. The molecule has 2 amide bonds. The number of nitrogens with one attached hydrogen (secondary N) is 1. The Balaban J connectivity index is 1.97. The maximum atomic E-state index is 13.3. The minimum atomic E-state index is -0.486. The number of carbonyl (C=O) groups excluding carboxylic acids is 2. The van der Waals surface area contributed by atoms with Gasteiger partial charge in [-0.25, -0.2) is 8.78 Å². The van der Waals surface area contributed by atoms with Crippen molar-refractivity contribution in [2.45, 2.75) is 6.42 Å². The Kier molecular flexibility index (Phi) is 5.61. The topological polar surface area (TPSA) is 58.6 Å². The number of rotatable bonds is 7. The van der Waals surface area contributed by atoms with Gasteiger partial charge in [0, 0.05) is 25.9 Å². The van der Waals surface area contributed by atoms with Crippen molar-refractivity contribution >= 4 is 23.1 Å². The molecule has 0 aromatic heterocycles. The summed E-state index contributed by atoms with van der Waals surface area (Å²) in [6, 6.07) is 10.8. The zero-order chi connectivity index (χ0) is 19.4. The molecular formula is C20H18F2N2O3. The van der Waals surface area contributed by atoms with E-state index >= 15 is 0 Å². The third-order valence-corrected chi connectivity index (χ3v) is 4.14. The van der Waals surface area contributed by atoms with Crippen LogP contribution in [0, 0.1) is 11.6 Å². The molecule has 0 spiro atoms. The van der Waals surface area contributed by atoms with Gasteiger partial charge in [0.2, 0.25) is 0 Å². The number of carbonyl (C=O) groups is 2. The fraction of sp³-hybridized carbons (Fsp3) is 0.200. The quantitative estimate of drug-likeness (QED) is 0.599. The van der Waals surface area contributed by atoms with Crippen LogP contribution >= 0.6 is 0 Å². The maximum Gasteiger partial charge on any atom is 0.278 e. The summed E-state index contributed by atoms with van der Waals surface area (Å²) in [7, 11) is 1.54. The van der Waals surface area contributed by atoms with Gasteiger partial charge >= 0.3 is 0 Å². The van der Waals surface area contributed by atoms with Crippen molar-refractivity contribution in [3.05, 3.63) is 71.4 Å². The third-order valence-electron chi connectivity index (χ3n) is 4.14. The van der Waals surface area contributed by atoms with E-state index in [9.17, 15) is 18.4 Å². The highest BCUT2D eigenvalue weighted by Crippen LogP contribution is 2.30. The average Bonchev–Trinajstić information content (AvgIpc) is 2.89. The molecule has 0 atom stereocenters. The molecular weight excluding hydrogens is 354 g/mol. The molecule has 0 radical (unpaired) electrons. The summed E-state index contributed by atoms with van der Waals surface area (Å²) in [4.78, 5) is 26.8. The molecule has 27 heavy (non-hydrogen) atoms. The third kappa shape index (κ3) is 4.03. The van der Waals surface area contributed by atoms with E-state index in [1.54, 1.807) is 0 Å². The van der Waals surface area contributed by atoms with Crippen molar-refractivity contribution in [2.75, 3.05) is 25.6 Å². The molecule has 2 aromatic rings. The largest absolute Gasteiger partial charge is 0.385 e. The Bertz CT molecular complexity index is 877. The Hall–Kier alpha value is -3.06. The Morgan fingerprint density at radius 1 is 0.926 bits per heavy atom. The van der Waals surface area contributed by atoms with Gasteiger partial charge in [-0.3, -0.25) is 14.5 Å². The van der Waals surface area contributed by atoms with Crippen LogP contribution in [0.3, 0.4) is 0 Å². The van der Waals surface area contributed by atoms with Crippen molar-refractivity contribution in [2.24, 2.45) is 0 Å². The number of benzene rings is 2. The van der Waals surface area contributed by atoms with Crippen molar-refractivity contribution in [1.29, 1.82) is 0 Å². The lowest BCUT2D eigenvalue weighted by Crippen LogP contribution is -2.33. The normalized spacial score (nSPS) is 14.3. The molecule has 1 N–H and O–H groups in total. The molecule has 0 saturated heterocycles. The van der Waals surface area contributed by atoms with Gasteiger partial charge in [-0.15, -0.1) is 0 Å². The highest BCUT2D eigenvalue weighted by molar-refractivity contribution is 6.36. The molecule has 1 aliphatic rings. The van der Waals surface area contributed by atoms with E-state index in [4.69, 9.17) is 4.74 Å². The van der Waals surface area contributed by atoms with E-state index in [-0.39, 0.29) is 17.8 Å². The number of anilines is 1. The predicted molar refractivity (Wildman–Crippen MR) is 96.6 cm³/mol. The van der Waals surface area contributed by atoms with Crippen LogP contribution in [0.2, 0.25) is 0 Å². The minimum absolute atomic E-state index is 0.0793. The molecule has 1 heterocycles. The Morgan fingerprint density at radius 2 is 1.52 bits per heavy atom. The van der Waals surface area contributed by atoms with E-state index in [2.05, 4.69) is 5.32 Å². The number of methoxy groups -OCH3 is 1. The fourth-order valence-corrected chi connectivity index (χ4v) is 2.82. The molecule has 5 nitrogen and oxygen atoms in total. The van der Waals surface area contributed by atoms with Crippen LogP contribution in [0.5, 0.6) is 0 Å². The van der Waals surface area contributed by atoms with Gasteiger partial charge in [0.25, 0.3) is 11.8 Å². The zero-order valence-corrected chi connectivity index (χ0v) is 14.7. The first-order valence-electron chi connectivity index (χ1n) is 8.39. The average molecular weight is 372 g/mol. The second-order valence-electron chi connectivity index (χ2n) is 6.00. The summed E-state index contributed by atoms with van der Waals surface area (Å²) in [5, 5.41) is 2.91. The molecule has 3 rings (SSSR count). The molecule has 0 bridgehead atoms. The maximum absolute atomic E-state index is 13.3. The molecule has 7 heteroatoms. The summed E-state index contributed by atoms with van der Waals surface area (Å²) in [6.07, 6.45) is 0.495. The van der Waals surface area contributed by atoms with Gasteiger partial charge in [0.1, 0.15) is 17.3 Å². The number of hydrogen-bond acceptors (Lipinski definition) is 4. The molecule has 2 aromatic carbocycles. The van der Waals surface area contributed by atoms with Crippen LogP contribution in [0.15, 0.2) is 54.2 Å². The lowest BCUT2D eigenvalue weighted by molar-refractivity contribution is -0.136. The fourth-order valence-electron chi connectivity index (χ4n) is 2.82. The van der Waals surface area contributed by atoms with Crippen molar-refractivity contribution in [1.82, 2.24) is 4.90 Å². The monoisotopic (exact) mass is 372 g/mol. The summed E-state index contributed by atoms with van der Waals surface area (Å²) in [6.45, 7) is 0.606. The van der Waals surface area contributed by atoms with Crippen LogP contribution in [0.1, 0.15) is 12.0 Å². The summed E-state index contributed by atoms with van der Waals surface area (Å²) in [5.41, 5.74) is 1.12. The van der Waals surface area contributed by atoms with E-state index in [1.165, 1.54) is 55.6 Å². The number of nitrogens with zero attached hydrogens (tertiary/aromatic N) is 1. The Morgan fingerprint density at radius 3 is 2.11 bits per heavy atom. The zero-order valence-electron chi connectivity index (χ0n) is 14.7. The van der Waals surface area contributed by atoms with Crippen LogP contribution in [0.4, 0.5) is 14.5 Å². The minimum Gasteiger partial charge on any atom is -0.385 e. The van der Waals surface area contributed by atoms with Gasteiger partial charge < -0.3 is 10.1 Å². The first kappa shape index (κ1) is 18.7. The lowest BCUT2D eigenvalue weighted by Gasteiger charge is -2.15. The van der Waals surface area contributed by atoms with Gasteiger partial charge in [0.05, 0.1) is 5.57 Å². The van der Waals surface area contributed by atoms with Gasteiger partial charge in [-0.2, -0.15) is 0 Å². The van der Waals surface area contributed by atoms with E-state index in [1.807, 2.05) is 0 Å². The predicted octanol–water partition coefficient (Wildman–Crippen LogP) is 3.19. The molecule has 140 valence electrons. The van der Waals surface area contributed by atoms with Gasteiger partial charge in [0.15, 0.2) is 0 Å². The Labute approximate surface area is 155 Å². The van der Waals surface area contributed by atoms with Gasteiger partial charge in [-0.05, 0) is 48.4 Å². The number of amides is 2. The SMILES string of the molecule is COCCCN1C(=O)C(Nc2ccc(F)cc2)=C(c2ccc(F)cc2)C1=O. The van der Waals surface area contributed by atoms with E-state index in [0.29, 0.717) is 24.3 Å². The second kappa shape index (κ2) is 8.09. The summed E-state index contributed by atoms with van der Waals surface area (Å²) < 4.78 is 31.4. The van der Waals surface area contributed by atoms with Crippen LogP contribution in [0.25, 0.3) is 5.57 Å². The number of imide groups is 1. The van der Waals surface area contributed by atoms with Crippen molar-refractivity contribution in [3.63, 3.8) is 0 Å². The molecule has 0 fully saturated rings. The molecule has 0 saturated carbocycles. The first-order valence-corrected chi connectivity index (χ1v) is 8.39. The van der Waals surface area contributed by atoms with Crippen molar-refractivity contribution < 1.29 is 23.1 Å². The van der Waals surface area contributed by atoms with Crippen molar-refractivity contribution in [3.8, 4) is 0 Å². The van der Waals surface area contributed by atoms with Gasteiger partial charge in [-0.1, -0.05) is 12.1 Å². The highest BCUT2D eigenvalue weighted by atomic mass is 19.1.